The van der Waals surface area contributed by atoms with E-state index in [1.54, 1.807) is 0 Å². The molecule has 2 rings (SSSR count). The number of hydrogen-bond acceptors (Lipinski definition) is 5. The molecule has 5 nitrogen and oxygen atoms in total. The Morgan fingerprint density at radius 3 is 2.68 bits per heavy atom. The van der Waals surface area contributed by atoms with Crippen molar-refractivity contribution in [2.45, 2.75) is 52.1 Å². The number of anilines is 2. The van der Waals surface area contributed by atoms with Crippen molar-refractivity contribution < 1.29 is 5.11 Å². The summed E-state index contributed by atoms with van der Waals surface area (Å²) in [7, 11) is 0. The van der Waals surface area contributed by atoms with E-state index in [4.69, 9.17) is 5.73 Å². The summed E-state index contributed by atoms with van der Waals surface area (Å²) in [5.41, 5.74) is 6.82. The molecule has 1 aromatic rings. The fourth-order valence-electron chi connectivity index (χ4n) is 2.47. The van der Waals surface area contributed by atoms with Gasteiger partial charge < -0.3 is 16.2 Å². The third-order valence-corrected chi connectivity index (χ3v) is 3.87. The van der Waals surface area contributed by atoms with Gasteiger partial charge in [0.05, 0.1) is 6.10 Å². The number of aliphatic hydroxyl groups excluding tert-OH is 1. The molecule has 2 unspecified atom stereocenters. The highest BCUT2D eigenvalue weighted by Gasteiger charge is 2.25. The fraction of sp³-hybridized carbons (Fsp3) is 0.714. The minimum absolute atomic E-state index is 0.184. The number of rotatable bonds is 4. The SMILES string of the molecule is Cc1c(N)nc(C(C)C)nc1NCC1CCCC1O. The second kappa shape index (κ2) is 5.74. The van der Waals surface area contributed by atoms with E-state index >= 15 is 0 Å². The lowest BCUT2D eigenvalue weighted by atomic mass is 10.1. The Morgan fingerprint density at radius 2 is 2.11 bits per heavy atom. The smallest absolute Gasteiger partial charge is 0.135 e. The molecule has 5 heteroatoms. The Kier molecular flexibility index (Phi) is 4.24. The first-order chi connectivity index (χ1) is 8.99. The van der Waals surface area contributed by atoms with Gasteiger partial charge in [0.25, 0.3) is 0 Å². The van der Waals surface area contributed by atoms with Gasteiger partial charge in [-0.05, 0) is 19.8 Å². The van der Waals surface area contributed by atoms with E-state index in [2.05, 4.69) is 29.1 Å². The molecule has 0 bridgehead atoms. The molecule has 0 spiro atoms. The van der Waals surface area contributed by atoms with Crippen molar-refractivity contribution in [2.24, 2.45) is 5.92 Å². The first kappa shape index (κ1) is 14.1. The third-order valence-electron chi connectivity index (χ3n) is 3.87. The lowest BCUT2D eigenvalue weighted by Crippen LogP contribution is -2.23. The monoisotopic (exact) mass is 264 g/mol. The van der Waals surface area contributed by atoms with Gasteiger partial charge in [-0.1, -0.05) is 20.3 Å². The Morgan fingerprint density at radius 1 is 1.37 bits per heavy atom. The molecule has 1 heterocycles. The van der Waals surface area contributed by atoms with Crippen LogP contribution in [0.3, 0.4) is 0 Å². The average molecular weight is 264 g/mol. The van der Waals surface area contributed by atoms with Crippen LogP contribution < -0.4 is 11.1 Å². The van der Waals surface area contributed by atoms with Gasteiger partial charge in [0.2, 0.25) is 0 Å². The quantitative estimate of drug-likeness (QED) is 0.775. The number of hydrogen-bond donors (Lipinski definition) is 3. The van der Waals surface area contributed by atoms with E-state index < -0.39 is 0 Å². The van der Waals surface area contributed by atoms with Crippen LogP contribution in [0, 0.1) is 12.8 Å². The number of nitrogens with one attached hydrogen (secondary N) is 1. The molecule has 0 saturated heterocycles. The molecular formula is C14H24N4O. The Labute approximate surface area is 114 Å². The molecule has 2 atom stereocenters. The summed E-state index contributed by atoms with van der Waals surface area (Å²) < 4.78 is 0. The van der Waals surface area contributed by atoms with Crippen LogP contribution in [0.15, 0.2) is 0 Å². The zero-order valence-corrected chi connectivity index (χ0v) is 12.0. The minimum atomic E-state index is -0.184. The van der Waals surface area contributed by atoms with Crippen molar-refractivity contribution in [3.8, 4) is 0 Å². The molecule has 1 aliphatic carbocycles. The lowest BCUT2D eigenvalue weighted by Gasteiger charge is -2.18. The number of aliphatic hydroxyl groups is 1. The van der Waals surface area contributed by atoms with Gasteiger partial charge in [-0.15, -0.1) is 0 Å². The van der Waals surface area contributed by atoms with Gasteiger partial charge in [-0.2, -0.15) is 0 Å². The van der Waals surface area contributed by atoms with Crippen molar-refractivity contribution in [1.29, 1.82) is 0 Å². The van der Waals surface area contributed by atoms with Crippen molar-refractivity contribution in [2.75, 3.05) is 17.6 Å². The molecule has 106 valence electrons. The van der Waals surface area contributed by atoms with Crippen LogP contribution in [0.5, 0.6) is 0 Å². The van der Waals surface area contributed by atoms with Crippen molar-refractivity contribution >= 4 is 11.6 Å². The van der Waals surface area contributed by atoms with Crippen molar-refractivity contribution in [3.05, 3.63) is 11.4 Å². The Hall–Kier alpha value is -1.36. The fourth-order valence-corrected chi connectivity index (χ4v) is 2.47. The predicted molar refractivity (Wildman–Crippen MR) is 77.1 cm³/mol. The van der Waals surface area contributed by atoms with Crippen LogP contribution in [0.25, 0.3) is 0 Å². The summed E-state index contributed by atoms with van der Waals surface area (Å²) in [6.45, 7) is 6.77. The van der Waals surface area contributed by atoms with Crippen LogP contribution in [-0.4, -0.2) is 27.7 Å². The maximum atomic E-state index is 9.84. The van der Waals surface area contributed by atoms with Crippen molar-refractivity contribution in [3.63, 3.8) is 0 Å². The van der Waals surface area contributed by atoms with E-state index in [0.717, 1.165) is 43.0 Å². The van der Waals surface area contributed by atoms with E-state index in [1.807, 2.05) is 6.92 Å². The van der Waals surface area contributed by atoms with Crippen LogP contribution >= 0.6 is 0 Å². The first-order valence-corrected chi connectivity index (χ1v) is 7.05. The number of nitrogens with two attached hydrogens (primary N) is 1. The summed E-state index contributed by atoms with van der Waals surface area (Å²) in [4.78, 5) is 8.84. The molecule has 0 radical (unpaired) electrons. The van der Waals surface area contributed by atoms with Gasteiger partial charge in [-0.3, -0.25) is 0 Å². The van der Waals surface area contributed by atoms with Gasteiger partial charge in [-0.25, -0.2) is 9.97 Å². The molecule has 1 aromatic heterocycles. The van der Waals surface area contributed by atoms with Crippen LogP contribution in [0.2, 0.25) is 0 Å². The normalized spacial score (nSPS) is 23.0. The largest absolute Gasteiger partial charge is 0.393 e. The van der Waals surface area contributed by atoms with E-state index in [1.165, 1.54) is 0 Å². The second-order valence-electron chi connectivity index (χ2n) is 5.73. The van der Waals surface area contributed by atoms with Gasteiger partial charge in [0.15, 0.2) is 0 Å². The molecule has 1 fully saturated rings. The van der Waals surface area contributed by atoms with Crippen molar-refractivity contribution in [1.82, 2.24) is 9.97 Å². The molecule has 1 saturated carbocycles. The van der Waals surface area contributed by atoms with Gasteiger partial charge in [0.1, 0.15) is 17.5 Å². The zero-order valence-electron chi connectivity index (χ0n) is 12.0. The highest BCUT2D eigenvalue weighted by atomic mass is 16.3. The molecule has 4 N–H and O–H groups in total. The first-order valence-electron chi connectivity index (χ1n) is 7.05. The minimum Gasteiger partial charge on any atom is -0.393 e. The third kappa shape index (κ3) is 3.15. The summed E-state index contributed by atoms with van der Waals surface area (Å²) in [5.74, 6) is 2.67. The lowest BCUT2D eigenvalue weighted by molar-refractivity contribution is 0.138. The molecule has 0 aliphatic heterocycles. The highest BCUT2D eigenvalue weighted by molar-refractivity contribution is 5.55. The standard InChI is InChI=1S/C14H24N4O/c1-8(2)13-17-12(15)9(3)14(18-13)16-7-10-5-4-6-11(10)19/h8,10-11,19H,4-7H2,1-3H3,(H3,15,16,17,18). The van der Waals surface area contributed by atoms with E-state index in [-0.39, 0.29) is 12.0 Å². The van der Waals surface area contributed by atoms with Crippen LogP contribution in [0.4, 0.5) is 11.6 Å². The second-order valence-corrected chi connectivity index (χ2v) is 5.73. The number of aromatic nitrogens is 2. The van der Waals surface area contributed by atoms with E-state index in [9.17, 15) is 5.11 Å². The molecule has 0 aromatic carbocycles. The summed E-state index contributed by atoms with van der Waals surface area (Å²) in [5, 5.41) is 13.2. The zero-order chi connectivity index (χ0) is 14.0. The molecule has 19 heavy (non-hydrogen) atoms. The predicted octanol–water partition coefficient (Wildman–Crippen LogP) is 2.06. The van der Waals surface area contributed by atoms with E-state index in [0.29, 0.717) is 11.7 Å². The maximum Gasteiger partial charge on any atom is 0.135 e. The number of nitrogen functional groups attached to an aromatic ring is 1. The molecule has 1 aliphatic rings. The number of nitrogens with zero attached hydrogens (tertiary/aromatic N) is 2. The molecule has 0 amide bonds. The highest BCUT2D eigenvalue weighted by Crippen LogP contribution is 2.27. The Balaban J connectivity index is 2.10. The van der Waals surface area contributed by atoms with Gasteiger partial charge >= 0.3 is 0 Å². The Bertz CT molecular complexity index is 447. The molecular weight excluding hydrogens is 240 g/mol. The van der Waals surface area contributed by atoms with Crippen LogP contribution in [0.1, 0.15) is 50.4 Å². The van der Waals surface area contributed by atoms with Gasteiger partial charge in [0, 0.05) is 23.9 Å². The summed E-state index contributed by atoms with van der Waals surface area (Å²) >= 11 is 0. The topological polar surface area (TPSA) is 84.1 Å². The summed E-state index contributed by atoms with van der Waals surface area (Å²) in [6.07, 6.45) is 2.91. The van der Waals surface area contributed by atoms with Crippen LogP contribution in [-0.2, 0) is 0 Å². The maximum absolute atomic E-state index is 9.84. The summed E-state index contributed by atoms with van der Waals surface area (Å²) in [6, 6.07) is 0. The average Bonchev–Trinajstić information content (AvgIpc) is 2.76.